The molecule has 0 aliphatic carbocycles. The maximum Gasteiger partial charge on any atom is 0.257 e. The number of H-pyrrole nitrogens is 1. The number of hydrogen-bond acceptors (Lipinski definition) is 4. The van der Waals surface area contributed by atoms with Crippen molar-refractivity contribution in [1.82, 2.24) is 14.9 Å². The van der Waals surface area contributed by atoms with E-state index < -0.39 is 5.82 Å². The first-order chi connectivity index (χ1) is 10.0. The Hall–Kier alpha value is -1.92. The number of fused-ring (bicyclic) bond motifs is 1. The average molecular weight is 309 g/mol. The van der Waals surface area contributed by atoms with Crippen LogP contribution in [0.15, 0.2) is 23.0 Å². The van der Waals surface area contributed by atoms with Gasteiger partial charge in [0.2, 0.25) is 5.95 Å². The first-order valence-corrected chi connectivity index (χ1v) is 6.94. The monoisotopic (exact) mass is 308 g/mol. The molecule has 0 spiro atoms. The highest BCUT2D eigenvalue weighted by Gasteiger charge is 2.21. The van der Waals surface area contributed by atoms with Gasteiger partial charge in [-0.25, -0.2) is 9.37 Å². The van der Waals surface area contributed by atoms with Crippen LogP contribution in [0.2, 0.25) is 5.02 Å². The first kappa shape index (κ1) is 14.0. The van der Waals surface area contributed by atoms with Crippen molar-refractivity contribution >= 4 is 17.5 Å². The average Bonchev–Trinajstić information content (AvgIpc) is 2.43. The Kier molecular flexibility index (Phi) is 3.65. The van der Waals surface area contributed by atoms with Crippen LogP contribution in [-0.2, 0) is 19.5 Å². The third kappa shape index (κ3) is 2.91. The Morgan fingerprint density at radius 3 is 3.05 bits per heavy atom. The van der Waals surface area contributed by atoms with Gasteiger partial charge in [0.15, 0.2) is 0 Å². The maximum atomic E-state index is 13.2. The van der Waals surface area contributed by atoms with Crippen LogP contribution in [0.3, 0.4) is 0 Å². The van der Waals surface area contributed by atoms with E-state index in [1.165, 1.54) is 6.07 Å². The number of aromatic nitrogens is 2. The Bertz CT molecular complexity index is 746. The van der Waals surface area contributed by atoms with E-state index in [1.807, 2.05) is 0 Å². The number of rotatable bonds is 2. The second kappa shape index (κ2) is 5.46. The van der Waals surface area contributed by atoms with Gasteiger partial charge in [0.05, 0.1) is 16.3 Å². The van der Waals surface area contributed by atoms with Crippen LogP contribution in [0, 0.1) is 5.82 Å². The third-order valence-corrected chi connectivity index (χ3v) is 3.85. The summed E-state index contributed by atoms with van der Waals surface area (Å²) in [4.78, 5) is 20.7. The van der Waals surface area contributed by atoms with Crippen LogP contribution in [0.5, 0.6) is 0 Å². The van der Waals surface area contributed by atoms with Gasteiger partial charge in [-0.1, -0.05) is 17.7 Å². The minimum Gasteiger partial charge on any atom is -0.369 e. The minimum atomic E-state index is -0.430. The summed E-state index contributed by atoms with van der Waals surface area (Å²) in [6, 6.07) is 4.66. The molecule has 5 nitrogen and oxygen atoms in total. The normalized spacial score (nSPS) is 15.0. The van der Waals surface area contributed by atoms with Crippen LogP contribution < -0.4 is 11.3 Å². The molecule has 1 aliphatic heterocycles. The van der Waals surface area contributed by atoms with Crippen LogP contribution in [0.1, 0.15) is 16.8 Å². The fourth-order valence-corrected chi connectivity index (χ4v) is 2.73. The number of aromatic amines is 1. The summed E-state index contributed by atoms with van der Waals surface area (Å²) in [7, 11) is 0. The molecule has 1 aromatic heterocycles. The SMILES string of the molecule is Nc1nc2c(c(=O)[nH]1)CN(Cc1ccc(F)c(Cl)c1)CC2. The van der Waals surface area contributed by atoms with Crippen molar-refractivity contribution < 1.29 is 4.39 Å². The summed E-state index contributed by atoms with van der Waals surface area (Å²) in [5.74, 6) is -0.280. The van der Waals surface area contributed by atoms with Crippen molar-refractivity contribution in [3.8, 4) is 0 Å². The lowest BCUT2D eigenvalue weighted by Crippen LogP contribution is -2.35. The molecular weight excluding hydrogens is 295 g/mol. The summed E-state index contributed by atoms with van der Waals surface area (Å²) in [5, 5.41) is 0.109. The summed E-state index contributed by atoms with van der Waals surface area (Å²) in [6.45, 7) is 1.86. The summed E-state index contributed by atoms with van der Waals surface area (Å²) in [6.07, 6.45) is 0.665. The minimum absolute atomic E-state index is 0.109. The third-order valence-electron chi connectivity index (χ3n) is 3.56. The smallest absolute Gasteiger partial charge is 0.257 e. The number of benzene rings is 1. The predicted octanol–water partition coefficient (Wildman–Crippen LogP) is 1.70. The van der Waals surface area contributed by atoms with Crippen molar-refractivity contribution in [1.29, 1.82) is 0 Å². The molecule has 3 N–H and O–H groups in total. The molecule has 0 bridgehead atoms. The maximum absolute atomic E-state index is 13.2. The van der Waals surface area contributed by atoms with Crippen LogP contribution in [0.4, 0.5) is 10.3 Å². The molecule has 1 aliphatic rings. The number of nitrogens with one attached hydrogen (secondary N) is 1. The van der Waals surface area contributed by atoms with Gasteiger partial charge in [0, 0.05) is 26.1 Å². The second-order valence-electron chi connectivity index (χ2n) is 5.09. The number of nitrogens with two attached hydrogens (primary N) is 1. The number of nitrogens with zero attached hydrogens (tertiary/aromatic N) is 2. The Labute approximate surface area is 125 Å². The molecule has 0 radical (unpaired) electrons. The van der Waals surface area contributed by atoms with Crippen molar-refractivity contribution in [3.63, 3.8) is 0 Å². The molecule has 0 amide bonds. The molecule has 0 saturated heterocycles. The van der Waals surface area contributed by atoms with Gasteiger partial charge >= 0.3 is 0 Å². The van der Waals surface area contributed by atoms with Gasteiger partial charge in [0.25, 0.3) is 5.56 Å². The second-order valence-corrected chi connectivity index (χ2v) is 5.49. The molecular formula is C14H14ClFN4O. The summed E-state index contributed by atoms with van der Waals surface area (Å²) in [5.41, 5.74) is 7.65. The molecule has 21 heavy (non-hydrogen) atoms. The lowest BCUT2D eigenvalue weighted by molar-refractivity contribution is 0.242. The lowest BCUT2D eigenvalue weighted by Gasteiger charge is -2.27. The van der Waals surface area contributed by atoms with Crippen molar-refractivity contribution in [2.45, 2.75) is 19.5 Å². The highest BCUT2D eigenvalue weighted by molar-refractivity contribution is 6.30. The first-order valence-electron chi connectivity index (χ1n) is 6.57. The summed E-state index contributed by atoms with van der Waals surface area (Å²) < 4.78 is 13.2. The van der Waals surface area contributed by atoms with E-state index in [0.717, 1.165) is 17.8 Å². The topological polar surface area (TPSA) is 75.0 Å². The molecule has 7 heteroatoms. The van der Waals surface area contributed by atoms with Crippen molar-refractivity contribution in [2.24, 2.45) is 0 Å². The van der Waals surface area contributed by atoms with Crippen LogP contribution in [0.25, 0.3) is 0 Å². The Morgan fingerprint density at radius 2 is 2.29 bits per heavy atom. The van der Waals surface area contributed by atoms with E-state index in [-0.39, 0.29) is 16.5 Å². The molecule has 3 rings (SSSR count). The van der Waals surface area contributed by atoms with Gasteiger partial charge in [-0.2, -0.15) is 0 Å². The zero-order valence-electron chi connectivity index (χ0n) is 11.2. The standard InChI is InChI=1S/C14H14ClFN4O/c15-10-5-8(1-2-11(10)16)6-20-4-3-12-9(7-20)13(21)19-14(17)18-12/h1-2,5H,3-4,6-7H2,(H3,17,18,19,21). The molecule has 2 aromatic rings. The van der Waals surface area contributed by atoms with Crippen molar-refractivity contribution in [3.05, 3.63) is 56.2 Å². The molecule has 2 heterocycles. The summed E-state index contributed by atoms with van der Waals surface area (Å²) >= 11 is 5.78. The highest BCUT2D eigenvalue weighted by Crippen LogP contribution is 2.20. The molecule has 0 unspecified atom stereocenters. The van der Waals surface area contributed by atoms with Gasteiger partial charge in [-0.3, -0.25) is 14.7 Å². The van der Waals surface area contributed by atoms with Crippen molar-refractivity contribution in [2.75, 3.05) is 12.3 Å². The van der Waals surface area contributed by atoms with Gasteiger partial charge in [-0.15, -0.1) is 0 Å². The quantitative estimate of drug-likeness (QED) is 0.885. The van der Waals surface area contributed by atoms with Gasteiger partial charge < -0.3 is 5.73 Å². The van der Waals surface area contributed by atoms with E-state index in [2.05, 4.69) is 14.9 Å². The predicted molar refractivity (Wildman–Crippen MR) is 78.5 cm³/mol. The molecule has 0 fully saturated rings. The van der Waals surface area contributed by atoms with E-state index in [0.29, 0.717) is 25.1 Å². The number of anilines is 1. The van der Waals surface area contributed by atoms with E-state index in [1.54, 1.807) is 12.1 Å². The highest BCUT2D eigenvalue weighted by atomic mass is 35.5. The zero-order valence-corrected chi connectivity index (χ0v) is 12.0. The molecule has 110 valence electrons. The van der Waals surface area contributed by atoms with E-state index in [4.69, 9.17) is 17.3 Å². The van der Waals surface area contributed by atoms with Gasteiger partial charge in [0.1, 0.15) is 5.82 Å². The molecule has 0 saturated carbocycles. The zero-order chi connectivity index (χ0) is 15.0. The number of halogens is 2. The van der Waals surface area contributed by atoms with E-state index >= 15 is 0 Å². The van der Waals surface area contributed by atoms with Crippen LogP contribution >= 0.6 is 11.6 Å². The number of nitrogen functional groups attached to an aromatic ring is 1. The number of hydrogen-bond donors (Lipinski definition) is 2. The molecule has 0 atom stereocenters. The van der Waals surface area contributed by atoms with E-state index in [9.17, 15) is 9.18 Å². The fourth-order valence-electron chi connectivity index (χ4n) is 2.53. The molecule has 1 aromatic carbocycles. The lowest BCUT2D eigenvalue weighted by atomic mass is 10.1. The van der Waals surface area contributed by atoms with Gasteiger partial charge in [-0.05, 0) is 17.7 Å². The Balaban J connectivity index is 1.80. The van der Waals surface area contributed by atoms with Crippen LogP contribution in [-0.4, -0.2) is 21.4 Å². The largest absolute Gasteiger partial charge is 0.369 e. The fraction of sp³-hybridized carbons (Fsp3) is 0.286. The Morgan fingerprint density at radius 1 is 1.48 bits per heavy atom.